The van der Waals surface area contributed by atoms with Crippen molar-refractivity contribution >= 4 is 15.9 Å². The smallest absolute Gasteiger partial charge is 0.0554 e. The Hall–Kier alpha value is -1.23. The zero-order valence-corrected chi connectivity index (χ0v) is 13.7. The summed E-state index contributed by atoms with van der Waals surface area (Å²) in [4.78, 5) is 4.63. The summed E-state index contributed by atoms with van der Waals surface area (Å²) in [5.74, 6) is 6.22. The molecule has 1 aliphatic rings. The van der Waals surface area contributed by atoms with Crippen LogP contribution in [0.1, 0.15) is 47.2 Å². The zero-order chi connectivity index (χ0) is 14.8. The van der Waals surface area contributed by atoms with E-state index in [2.05, 4.69) is 57.5 Å². The van der Waals surface area contributed by atoms with Crippen molar-refractivity contribution in [3.8, 4) is 0 Å². The Morgan fingerprint density at radius 1 is 1.38 bits per heavy atom. The van der Waals surface area contributed by atoms with Gasteiger partial charge in [-0.1, -0.05) is 34.1 Å². The molecular weight excluding hydrogens is 326 g/mol. The van der Waals surface area contributed by atoms with Gasteiger partial charge in [-0.3, -0.25) is 16.3 Å². The number of halogens is 1. The van der Waals surface area contributed by atoms with Gasteiger partial charge in [-0.05, 0) is 55.0 Å². The van der Waals surface area contributed by atoms with E-state index in [4.69, 9.17) is 5.84 Å². The summed E-state index contributed by atoms with van der Waals surface area (Å²) in [6, 6.07) is 10.7. The van der Waals surface area contributed by atoms with Crippen molar-refractivity contribution in [2.24, 2.45) is 5.84 Å². The molecule has 0 aliphatic heterocycles. The second-order valence-corrected chi connectivity index (χ2v) is 6.57. The quantitative estimate of drug-likeness (QED) is 0.657. The molecule has 3 rings (SSSR count). The number of rotatable bonds is 3. The summed E-state index contributed by atoms with van der Waals surface area (Å²) in [6.07, 6.45) is 5.30. The average Bonchev–Trinajstić information content (AvgIpc) is 2.50. The number of aryl methyl sites for hydroxylation is 2. The van der Waals surface area contributed by atoms with Crippen LogP contribution in [0.2, 0.25) is 0 Å². The van der Waals surface area contributed by atoms with Gasteiger partial charge in [-0.25, -0.2) is 0 Å². The summed E-state index contributed by atoms with van der Waals surface area (Å²) in [6.45, 7) is 2.09. The molecular formula is C17H20BrN3. The van der Waals surface area contributed by atoms with E-state index in [1.165, 1.54) is 28.8 Å². The predicted molar refractivity (Wildman–Crippen MR) is 88.9 cm³/mol. The number of nitrogens with one attached hydrogen (secondary N) is 1. The third kappa shape index (κ3) is 2.89. The number of nitrogens with zero attached hydrogens (tertiary/aromatic N) is 1. The van der Waals surface area contributed by atoms with Crippen molar-refractivity contribution in [2.45, 2.75) is 38.1 Å². The van der Waals surface area contributed by atoms with Crippen LogP contribution in [0.15, 0.2) is 41.0 Å². The monoisotopic (exact) mass is 345 g/mol. The summed E-state index contributed by atoms with van der Waals surface area (Å²) in [5, 5.41) is 0. The Morgan fingerprint density at radius 2 is 2.24 bits per heavy atom. The zero-order valence-electron chi connectivity index (χ0n) is 12.1. The van der Waals surface area contributed by atoms with Crippen LogP contribution in [0.4, 0.5) is 0 Å². The van der Waals surface area contributed by atoms with Crippen LogP contribution in [0.25, 0.3) is 0 Å². The van der Waals surface area contributed by atoms with Gasteiger partial charge in [0.2, 0.25) is 0 Å². The number of hydrazine groups is 1. The Bertz CT molecular complexity index is 642. The van der Waals surface area contributed by atoms with Gasteiger partial charge in [-0.2, -0.15) is 0 Å². The molecule has 3 nitrogen and oxygen atoms in total. The van der Waals surface area contributed by atoms with Crippen molar-refractivity contribution in [2.75, 3.05) is 0 Å². The molecule has 0 fully saturated rings. The Kier molecular flexibility index (Phi) is 4.38. The van der Waals surface area contributed by atoms with E-state index in [1.807, 2.05) is 12.3 Å². The van der Waals surface area contributed by atoms with Crippen LogP contribution >= 0.6 is 15.9 Å². The van der Waals surface area contributed by atoms with Crippen molar-refractivity contribution in [3.05, 3.63) is 63.4 Å². The molecule has 0 amide bonds. The predicted octanol–water partition coefficient (Wildman–Crippen LogP) is 3.78. The SMILES string of the molecule is Cc1ccc(C(NN)C2CCCc3cccnc32)c(Br)c1. The van der Waals surface area contributed by atoms with Gasteiger partial charge in [0.15, 0.2) is 0 Å². The summed E-state index contributed by atoms with van der Waals surface area (Å²) in [7, 11) is 0. The molecule has 0 spiro atoms. The van der Waals surface area contributed by atoms with Gasteiger partial charge >= 0.3 is 0 Å². The number of hydrogen-bond donors (Lipinski definition) is 2. The molecule has 1 aromatic carbocycles. The number of nitrogens with two attached hydrogens (primary N) is 1. The van der Waals surface area contributed by atoms with E-state index in [0.717, 1.165) is 17.3 Å². The fourth-order valence-corrected chi connectivity index (χ4v) is 4.02. The Balaban J connectivity index is 2.01. The molecule has 0 saturated carbocycles. The summed E-state index contributed by atoms with van der Waals surface area (Å²) < 4.78 is 1.11. The van der Waals surface area contributed by atoms with E-state index in [-0.39, 0.29) is 6.04 Å². The highest BCUT2D eigenvalue weighted by atomic mass is 79.9. The highest BCUT2D eigenvalue weighted by Gasteiger charge is 2.30. The van der Waals surface area contributed by atoms with Crippen molar-refractivity contribution in [1.29, 1.82) is 0 Å². The van der Waals surface area contributed by atoms with Gasteiger partial charge < -0.3 is 0 Å². The minimum atomic E-state index is 0.0777. The molecule has 0 radical (unpaired) electrons. The number of pyridine rings is 1. The van der Waals surface area contributed by atoms with E-state index in [9.17, 15) is 0 Å². The van der Waals surface area contributed by atoms with E-state index in [1.54, 1.807) is 0 Å². The molecule has 21 heavy (non-hydrogen) atoms. The molecule has 110 valence electrons. The first kappa shape index (κ1) is 14.7. The first-order chi connectivity index (χ1) is 10.2. The Morgan fingerprint density at radius 3 is 3.00 bits per heavy atom. The molecule has 3 N–H and O–H groups in total. The van der Waals surface area contributed by atoms with Gasteiger partial charge in [0.1, 0.15) is 0 Å². The topological polar surface area (TPSA) is 50.9 Å². The van der Waals surface area contributed by atoms with Gasteiger partial charge in [0, 0.05) is 22.3 Å². The van der Waals surface area contributed by atoms with Crippen molar-refractivity contribution < 1.29 is 0 Å². The lowest BCUT2D eigenvalue weighted by molar-refractivity contribution is 0.399. The number of fused-ring (bicyclic) bond motifs is 1. The van der Waals surface area contributed by atoms with E-state index < -0.39 is 0 Å². The van der Waals surface area contributed by atoms with Crippen LogP contribution in [0.5, 0.6) is 0 Å². The van der Waals surface area contributed by atoms with Crippen molar-refractivity contribution in [1.82, 2.24) is 10.4 Å². The molecule has 1 heterocycles. The van der Waals surface area contributed by atoms with Gasteiger partial charge in [0.05, 0.1) is 6.04 Å². The third-order valence-electron chi connectivity index (χ3n) is 4.31. The minimum Gasteiger partial charge on any atom is -0.271 e. The molecule has 0 saturated heterocycles. The third-order valence-corrected chi connectivity index (χ3v) is 5.00. The number of aromatic nitrogens is 1. The summed E-state index contributed by atoms with van der Waals surface area (Å²) in [5.41, 5.74) is 8.01. The van der Waals surface area contributed by atoms with Crippen LogP contribution in [0, 0.1) is 6.92 Å². The molecule has 1 aromatic heterocycles. The fourth-order valence-electron chi connectivity index (χ4n) is 3.28. The van der Waals surface area contributed by atoms with Gasteiger partial charge in [0.25, 0.3) is 0 Å². The second kappa shape index (κ2) is 6.26. The lowest BCUT2D eigenvalue weighted by Crippen LogP contribution is -2.34. The lowest BCUT2D eigenvalue weighted by atomic mass is 9.80. The number of hydrogen-bond acceptors (Lipinski definition) is 3. The maximum absolute atomic E-state index is 5.90. The van der Waals surface area contributed by atoms with Crippen LogP contribution in [-0.2, 0) is 6.42 Å². The fraction of sp³-hybridized carbons (Fsp3) is 0.353. The number of benzene rings is 1. The van der Waals surface area contributed by atoms with Crippen LogP contribution in [-0.4, -0.2) is 4.98 Å². The highest BCUT2D eigenvalue weighted by Crippen LogP contribution is 2.40. The first-order valence-electron chi connectivity index (χ1n) is 7.36. The standard InChI is InChI=1S/C17H20BrN3/c1-11-7-8-13(15(18)10-11)17(21-19)14-6-2-4-12-5-3-9-20-16(12)14/h3,5,7-10,14,17,21H,2,4,6,19H2,1H3. The average molecular weight is 346 g/mol. The lowest BCUT2D eigenvalue weighted by Gasteiger charge is -2.31. The molecule has 2 aromatic rings. The largest absolute Gasteiger partial charge is 0.271 e. The molecule has 2 unspecified atom stereocenters. The molecule has 2 atom stereocenters. The first-order valence-corrected chi connectivity index (χ1v) is 8.16. The Labute approximate surface area is 134 Å². The van der Waals surface area contributed by atoms with Crippen LogP contribution < -0.4 is 11.3 Å². The molecule has 4 heteroatoms. The van der Waals surface area contributed by atoms with Crippen molar-refractivity contribution in [3.63, 3.8) is 0 Å². The molecule has 0 bridgehead atoms. The second-order valence-electron chi connectivity index (χ2n) is 5.72. The van der Waals surface area contributed by atoms with E-state index in [0.29, 0.717) is 5.92 Å². The summed E-state index contributed by atoms with van der Waals surface area (Å²) >= 11 is 3.68. The maximum Gasteiger partial charge on any atom is 0.0554 e. The molecule has 1 aliphatic carbocycles. The highest BCUT2D eigenvalue weighted by molar-refractivity contribution is 9.10. The normalized spacial score (nSPS) is 19.1. The van der Waals surface area contributed by atoms with Crippen LogP contribution in [0.3, 0.4) is 0 Å². The maximum atomic E-state index is 5.90. The van der Waals surface area contributed by atoms with E-state index >= 15 is 0 Å². The van der Waals surface area contributed by atoms with Gasteiger partial charge in [-0.15, -0.1) is 0 Å². The minimum absolute atomic E-state index is 0.0777.